The number of likely N-dealkylation sites (tertiary alicyclic amines) is 1. The summed E-state index contributed by atoms with van der Waals surface area (Å²) in [6.07, 6.45) is 2.56. The molecule has 0 unspecified atom stereocenters. The van der Waals surface area contributed by atoms with Gasteiger partial charge in [0, 0.05) is 19.5 Å². The van der Waals surface area contributed by atoms with Crippen LogP contribution in [0.3, 0.4) is 0 Å². The Balaban J connectivity index is 1.42. The highest BCUT2D eigenvalue weighted by Gasteiger charge is 2.27. The minimum absolute atomic E-state index is 0.0896. The van der Waals surface area contributed by atoms with Crippen LogP contribution in [-0.4, -0.2) is 43.6 Å². The zero-order chi connectivity index (χ0) is 19.0. The molecule has 1 amide bonds. The number of carbonyl (C=O) groups is 1. The zero-order valence-corrected chi connectivity index (χ0v) is 16.9. The van der Waals surface area contributed by atoms with Crippen LogP contribution in [0, 0.1) is 19.8 Å². The highest BCUT2D eigenvalue weighted by molar-refractivity contribution is 7.13. The number of carbonyl (C=O) groups excluding carboxylic acids is 1. The van der Waals surface area contributed by atoms with Gasteiger partial charge in [0.15, 0.2) is 0 Å². The quantitative estimate of drug-likeness (QED) is 0.726. The number of aromatic amines is 1. The summed E-state index contributed by atoms with van der Waals surface area (Å²) in [5.74, 6) is 1.26. The van der Waals surface area contributed by atoms with Gasteiger partial charge in [0.05, 0.1) is 10.7 Å². The van der Waals surface area contributed by atoms with Gasteiger partial charge in [-0.2, -0.15) is 5.10 Å². The zero-order valence-electron chi connectivity index (χ0n) is 15.3. The third kappa shape index (κ3) is 3.61. The molecule has 142 valence electrons. The lowest BCUT2D eigenvalue weighted by Crippen LogP contribution is -2.39. The van der Waals surface area contributed by atoms with Crippen LogP contribution < -0.4 is 5.69 Å². The van der Waals surface area contributed by atoms with E-state index in [0.717, 1.165) is 58.8 Å². The molecule has 0 aromatic carbocycles. The highest BCUT2D eigenvalue weighted by atomic mass is 32.1. The largest absolute Gasteiger partial charge is 0.348 e. The van der Waals surface area contributed by atoms with Crippen molar-refractivity contribution in [1.29, 1.82) is 0 Å². The molecular weight excluding hydrogens is 382 g/mol. The van der Waals surface area contributed by atoms with Gasteiger partial charge in [-0.1, -0.05) is 0 Å². The van der Waals surface area contributed by atoms with Gasteiger partial charge in [-0.05, 0) is 50.1 Å². The molecule has 9 heteroatoms. The van der Waals surface area contributed by atoms with Crippen LogP contribution in [0.15, 0.2) is 22.3 Å². The molecule has 4 rings (SSSR count). The number of aryl methyl sites for hydroxylation is 2. The van der Waals surface area contributed by atoms with Crippen LogP contribution in [0.25, 0.3) is 5.00 Å². The summed E-state index contributed by atoms with van der Waals surface area (Å²) in [5.41, 5.74) is 0.622. The van der Waals surface area contributed by atoms with E-state index in [-0.39, 0.29) is 11.6 Å². The van der Waals surface area contributed by atoms with E-state index in [4.69, 9.17) is 0 Å². The molecule has 1 aliphatic heterocycles. The summed E-state index contributed by atoms with van der Waals surface area (Å²) in [6, 6.07) is 3.85. The predicted octanol–water partition coefficient (Wildman–Crippen LogP) is 2.79. The van der Waals surface area contributed by atoms with E-state index in [1.54, 1.807) is 4.57 Å². The molecule has 3 aromatic heterocycles. The number of hydrogen-bond acceptors (Lipinski definition) is 6. The number of thiophene rings is 1. The maximum Gasteiger partial charge on any atom is 0.348 e. The fourth-order valence-corrected chi connectivity index (χ4v) is 5.20. The van der Waals surface area contributed by atoms with Gasteiger partial charge in [0.1, 0.15) is 15.7 Å². The van der Waals surface area contributed by atoms with Gasteiger partial charge in [-0.25, -0.2) is 19.4 Å². The maximum atomic E-state index is 12.7. The van der Waals surface area contributed by atoms with Crippen molar-refractivity contribution in [2.45, 2.75) is 33.1 Å². The SMILES string of the molecule is Cc1nc(C)c(C(=O)N2CCC(Cc3n[nH]c(=O)n3-c3cccs3)CC2)s1. The topological polar surface area (TPSA) is 83.9 Å². The van der Waals surface area contributed by atoms with Crippen molar-refractivity contribution in [1.82, 2.24) is 24.6 Å². The normalized spacial score (nSPS) is 15.4. The summed E-state index contributed by atoms with van der Waals surface area (Å²) >= 11 is 2.99. The van der Waals surface area contributed by atoms with E-state index in [2.05, 4.69) is 15.2 Å². The number of nitrogens with one attached hydrogen (secondary N) is 1. The van der Waals surface area contributed by atoms with E-state index in [9.17, 15) is 9.59 Å². The standard InChI is InChI=1S/C18H21N5O2S2/c1-11-16(27-12(2)19-11)17(24)22-7-5-13(6-8-22)10-14-20-21-18(25)23(14)15-4-3-9-26-15/h3-4,9,13H,5-8,10H2,1-2H3,(H,21,25). The minimum Gasteiger partial charge on any atom is -0.338 e. The predicted molar refractivity (Wildman–Crippen MR) is 106 cm³/mol. The monoisotopic (exact) mass is 403 g/mol. The van der Waals surface area contributed by atoms with Gasteiger partial charge in [-0.3, -0.25) is 4.79 Å². The first-order chi connectivity index (χ1) is 13.0. The number of hydrogen-bond donors (Lipinski definition) is 1. The van der Waals surface area contributed by atoms with Crippen molar-refractivity contribution in [3.8, 4) is 5.00 Å². The summed E-state index contributed by atoms with van der Waals surface area (Å²) in [4.78, 5) is 31.9. The summed E-state index contributed by atoms with van der Waals surface area (Å²) < 4.78 is 1.66. The minimum atomic E-state index is -0.198. The fourth-order valence-electron chi connectivity index (χ4n) is 3.56. The van der Waals surface area contributed by atoms with Gasteiger partial charge >= 0.3 is 5.69 Å². The third-order valence-electron chi connectivity index (χ3n) is 4.94. The van der Waals surface area contributed by atoms with E-state index in [0.29, 0.717) is 5.92 Å². The lowest BCUT2D eigenvalue weighted by molar-refractivity contribution is 0.0693. The second kappa shape index (κ2) is 7.40. The molecule has 27 heavy (non-hydrogen) atoms. The second-order valence-electron chi connectivity index (χ2n) is 6.82. The molecule has 0 atom stereocenters. The lowest BCUT2D eigenvalue weighted by atomic mass is 9.93. The Morgan fingerprint density at radius 1 is 1.33 bits per heavy atom. The fraction of sp³-hybridized carbons (Fsp3) is 0.444. The number of rotatable bonds is 4. The van der Waals surface area contributed by atoms with Gasteiger partial charge in [0.25, 0.3) is 5.91 Å². The van der Waals surface area contributed by atoms with E-state index >= 15 is 0 Å². The van der Waals surface area contributed by atoms with Crippen molar-refractivity contribution < 1.29 is 4.79 Å². The number of thiazole rings is 1. The van der Waals surface area contributed by atoms with Gasteiger partial charge in [-0.15, -0.1) is 22.7 Å². The first-order valence-electron chi connectivity index (χ1n) is 8.96. The number of H-pyrrole nitrogens is 1. The van der Waals surface area contributed by atoms with E-state index in [1.807, 2.05) is 36.3 Å². The molecule has 1 saturated heterocycles. The lowest BCUT2D eigenvalue weighted by Gasteiger charge is -2.31. The van der Waals surface area contributed by atoms with Crippen LogP contribution in [-0.2, 0) is 6.42 Å². The first-order valence-corrected chi connectivity index (χ1v) is 10.7. The molecule has 3 aromatic rings. The average molecular weight is 404 g/mol. The second-order valence-corrected chi connectivity index (χ2v) is 8.95. The molecule has 0 aliphatic carbocycles. The van der Waals surface area contributed by atoms with Crippen LogP contribution in [0.1, 0.15) is 39.0 Å². The molecule has 7 nitrogen and oxygen atoms in total. The number of piperidine rings is 1. The molecule has 4 heterocycles. The van der Waals surface area contributed by atoms with Crippen LogP contribution in [0.5, 0.6) is 0 Å². The van der Waals surface area contributed by atoms with Crippen LogP contribution in [0.4, 0.5) is 0 Å². The molecule has 1 aliphatic rings. The Hall–Kier alpha value is -2.26. The Morgan fingerprint density at radius 2 is 2.11 bits per heavy atom. The van der Waals surface area contributed by atoms with E-state index < -0.39 is 0 Å². The Kier molecular flexibility index (Phi) is 4.96. The molecule has 0 radical (unpaired) electrons. The molecule has 1 fully saturated rings. The van der Waals surface area contributed by atoms with Crippen LogP contribution in [0.2, 0.25) is 0 Å². The van der Waals surface area contributed by atoms with Crippen molar-refractivity contribution in [2.75, 3.05) is 13.1 Å². The molecule has 0 saturated carbocycles. The van der Waals surface area contributed by atoms with Gasteiger partial charge < -0.3 is 4.90 Å². The van der Waals surface area contributed by atoms with Crippen molar-refractivity contribution >= 4 is 28.6 Å². The number of amides is 1. The molecule has 1 N–H and O–H groups in total. The molecule has 0 spiro atoms. The van der Waals surface area contributed by atoms with Crippen molar-refractivity contribution in [2.24, 2.45) is 5.92 Å². The third-order valence-corrected chi connectivity index (χ3v) is 6.85. The maximum absolute atomic E-state index is 12.7. The molecular formula is C18H21N5O2S2. The summed E-state index contributed by atoms with van der Waals surface area (Å²) in [5, 5.41) is 10.6. The Bertz CT molecular complexity index is 994. The summed E-state index contributed by atoms with van der Waals surface area (Å²) in [6.45, 7) is 5.28. The van der Waals surface area contributed by atoms with Gasteiger partial charge in [0.2, 0.25) is 0 Å². The first kappa shape index (κ1) is 18.1. The van der Waals surface area contributed by atoms with E-state index in [1.165, 1.54) is 22.7 Å². The smallest absolute Gasteiger partial charge is 0.338 e. The van der Waals surface area contributed by atoms with Crippen LogP contribution >= 0.6 is 22.7 Å². The average Bonchev–Trinajstić information content (AvgIpc) is 3.36. The Morgan fingerprint density at radius 3 is 2.74 bits per heavy atom. The highest BCUT2D eigenvalue weighted by Crippen LogP contribution is 2.26. The number of aromatic nitrogens is 4. The Labute approximate surface area is 164 Å². The number of nitrogens with zero attached hydrogens (tertiary/aromatic N) is 4. The van der Waals surface area contributed by atoms with Crippen molar-refractivity contribution in [3.63, 3.8) is 0 Å². The molecule has 0 bridgehead atoms. The van der Waals surface area contributed by atoms with Crippen molar-refractivity contribution in [3.05, 3.63) is 49.4 Å². The summed E-state index contributed by atoms with van der Waals surface area (Å²) in [7, 11) is 0.